The first-order valence-electron chi connectivity index (χ1n) is 17.5. The van der Waals surface area contributed by atoms with Gasteiger partial charge in [-0.15, -0.1) is 0 Å². The fraction of sp³-hybridized carbons (Fsp3) is 0.350. The molecular formula is C40H42N4O6. The van der Waals surface area contributed by atoms with E-state index < -0.39 is 11.5 Å². The van der Waals surface area contributed by atoms with Crippen LogP contribution in [0.1, 0.15) is 79.3 Å². The Morgan fingerprint density at radius 3 is 2.38 bits per heavy atom. The standard InChI is InChI=1S/C40H42N4O6/c1-26(45)43-21-19-40(20-22-43,39(49)41-30-15-11-27(12-16-30)13-18-35(46)47)42-38(48)29-14-17-31-33(25-29)44-23-24-50-34-10-6-5-9-32(34)37(44)36(31)28-7-3-2-4-8-28/h5-6,9-18,25,28H,2-4,7-8,19-24H2,1H3,(H,41,49)(H,42,48)(H,46,47). The lowest BCUT2D eigenvalue weighted by atomic mass is 9.81. The van der Waals surface area contributed by atoms with Crippen molar-refractivity contribution >= 4 is 46.4 Å². The maximum atomic E-state index is 14.2. The van der Waals surface area contributed by atoms with Gasteiger partial charge in [-0.1, -0.05) is 49.6 Å². The van der Waals surface area contributed by atoms with Crippen LogP contribution in [-0.2, 0) is 20.9 Å². The number of benzene rings is 3. The molecule has 0 radical (unpaired) electrons. The summed E-state index contributed by atoms with van der Waals surface area (Å²) in [6.07, 6.45) is 8.95. The fourth-order valence-electron chi connectivity index (χ4n) is 7.88. The van der Waals surface area contributed by atoms with Crippen molar-refractivity contribution in [1.29, 1.82) is 0 Å². The van der Waals surface area contributed by atoms with Crippen molar-refractivity contribution in [3.8, 4) is 17.0 Å². The van der Waals surface area contributed by atoms with E-state index in [1.54, 1.807) is 29.2 Å². The Morgan fingerprint density at radius 1 is 0.920 bits per heavy atom. The molecule has 1 saturated carbocycles. The van der Waals surface area contributed by atoms with Crippen molar-refractivity contribution in [3.05, 3.63) is 89.5 Å². The number of hydrogen-bond acceptors (Lipinski definition) is 5. The van der Waals surface area contributed by atoms with Gasteiger partial charge in [0.1, 0.15) is 17.9 Å². The molecule has 2 fully saturated rings. The number of anilines is 1. The van der Waals surface area contributed by atoms with Gasteiger partial charge in [0.2, 0.25) is 11.8 Å². The molecule has 50 heavy (non-hydrogen) atoms. The second-order valence-electron chi connectivity index (χ2n) is 13.6. The molecule has 0 atom stereocenters. The lowest BCUT2D eigenvalue weighted by Crippen LogP contribution is -2.62. The summed E-state index contributed by atoms with van der Waals surface area (Å²) >= 11 is 0. The SMILES string of the molecule is CC(=O)N1CCC(NC(=O)c2ccc3c(C4CCCCC4)c4n(c3c2)CCOc2ccccc2-4)(C(=O)Nc2ccc(C=CC(=O)O)cc2)CC1. The molecule has 4 aromatic rings. The molecular weight excluding hydrogens is 632 g/mol. The summed E-state index contributed by atoms with van der Waals surface area (Å²) in [6, 6.07) is 20.9. The molecule has 1 aliphatic carbocycles. The Hall–Kier alpha value is -5.38. The summed E-state index contributed by atoms with van der Waals surface area (Å²) in [5, 5.41) is 16.2. The van der Waals surface area contributed by atoms with E-state index in [4.69, 9.17) is 9.84 Å². The van der Waals surface area contributed by atoms with Crippen LogP contribution < -0.4 is 15.4 Å². The number of aromatic nitrogens is 1. The summed E-state index contributed by atoms with van der Waals surface area (Å²) < 4.78 is 8.51. The van der Waals surface area contributed by atoms with E-state index in [1.807, 2.05) is 30.3 Å². The zero-order valence-electron chi connectivity index (χ0n) is 28.2. The first-order chi connectivity index (χ1) is 24.2. The number of likely N-dealkylation sites (tertiary alicyclic amines) is 1. The van der Waals surface area contributed by atoms with E-state index in [1.165, 1.54) is 43.5 Å². The third-order valence-electron chi connectivity index (χ3n) is 10.5. The number of nitrogens with one attached hydrogen (secondary N) is 2. The van der Waals surface area contributed by atoms with Crippen molar-refractivity contribution in [3.63, 3.8) is 0 Å². The van der Waals surface area contributed by atoms with Crippen LogP contribution in [0.15, 0.2) is 72.8 Å². The highest BCUT2D eigenvalue weighted by molar-refractivity contribution is 6.06. The summed E-state index contributed by atoms with van der Waals surface area (Å²) in [7, 11) is 0. The molecule has 0 unspecified atom stereocenters. The Bertz CT molecular complexity index is 1980. The molecule has 1 aromatic heterocycles. The van der Waals surface area contributed by atoms with E-state index in [9.17, 15) is 19.2 Å². The van der Waals surface area contributed by atoms with Crippen molar-refractivity contribution in [2.24, 2.45) is 0 Å². The molecule has 10 nitrogen and oxygen atoms in total. The van der Waals surface area contributed by atoms with Gasteiger partial charge in [-0.25, -0.2) is 4.79 Å². The number of fused-ring (bicyclic) bond motifs is 5. The minimum atomic E-state index is -1.25. The Balaban J connectivity index is 1.22. The molecule has 2 aliphatic heterocycles. The average Bonchev–Trinajstić information content (AvgIpc) is 3.32. The minimum Gasteiger partial charge on any atom is -0.491 e. The number of amides is 3. The van der Waals surface area contributed by atoms with Gasteiger partial charge in [-0.05, 0) is 85.2 Å². The highest BCUT2D eigenvalue weighted by Gasteiger charge is 2.43. The van der Waals surface area contributed by atoms with Gasteiger partial charge in [0.25, 0.3) is 5.91 Å². The van der Waals surface area contributed by atoms with Crippen LogP contribution in [0.5, 0.6) is 5.75 Å². The number of carboxylic acid groups (broad SMARTS) is 1. The maximum absolute atomic E-state index is 14.2. The summed E-state index contributed by atoms with van der Waals surface area (Å²) in [4.78, 5) is 53.0. The van der Waals surface area contributed by atoms with E-state index in [-0.39, 0.29) is 30.6 Å². The summed E-state index contributed by atoms with van der Waals surface area (Å²) in [5.74, 6) is -0.544. The van der Waals surface area contributed by atoms with Crippen molar-refractivity contribution in [1.82, 2.24) is 14.8 Å². The number of nitrogens with zero attached hydrogens (tertiary/aromatic N) is 2. The van der Waals surface area contributed by atoms with Crippen molar-refractivity contribution < 1.29 is 29.0 Å². The molecule has 3 amide bonds. The third kappa shape index (κ3) is 6.49. The van der Waals surface area contributed by atoms with Crippen LogP contribution in [0, 0.1) is 0 Å². The van der Waals surface area contributed by atoms with Gasteiger partial charge < -0.3 is 29.9 Å². The van der Waals surface area contributed by atoms with Crippen molar-refractivity contribution in [2.45, 2.75) is 69.9 Å². The smallest absolute Gasteiger partial charge is 0.328 e. The Kier molecular flexibility index (Phi) is 9.18. The number of ether oxygens (including phenoxy) is 1. The van der Waals surface area contributed by atoms with Crippen LogP contribution in [0.25, 0.3) is 28.2 Å². The second-order valence-corrected chi connectivity index (χ2v) is 13.6. The highest BCUT2D eigenvalue weighted by atomic mass is 16.5. The zero-order chi connectivity index (χ0) is 34.8. The van der Waals surface area contributed by atoms with Crippen LogP contribution in [-0.4, -0.2) is 63.5 Å². The molecule has 10 heteroatoms. The average molecular weight is 675 g/mol. The predicted molar refractivity (Wildman–Crippen MR) is 192 cm³/mol. The number of carbonyl (C=O) groups excluding carboxylic acids is 3. The van der Waals surface area contributed by atoms with Gasteiger partial charge in [0, 0.05) is 53.8 Å². The quantitative estimate of drug-likeness (QED) is 0.190. The first kappa shape index (κ1) is 33.1. The topological polar surface area (TPSA) is 130 Å². The van der Waals surface area contributed by atoms with Crippen LogP contribution >= 0.6 is 0 Å². The predicted octanol–water partition coefficient (Wildman–Crippen LogP) is 6.60. The molecule has 1 saturated heterocycles. The molecule has 3 aliphatic rings. The van der Waals surface area contributed by atoms with E-state index in [0.29, 0.717) is 49.0 Å². The van der Waals surface area contributed by atoms with Gasteiger partial charge >= 0.3 is 5.97 Å². The fourth-order valence-corrected chi connectivity index (χ4v) is 7.88. The number of rotatable bonds is 7. The van der Waals surface area contributed by atoms with Crippen LogP contribution in [0.2, 0.25) is 0 Å². The second kappa shape index (κ2) is 13.9. The molecule has 3 N–H and O–H groups in total. The normalized spacial score (nSPS) is 17.3. The first-order valence-corrected chi connectivity index (χ1v) is 17.5. The van der Waals surface area contributed by atoms with Crippen LogP contribution in [0.4, 0.5) is 5.69 Å². The summed E-state index contributed by atoms with van der Waals surface area (Å²) in [6.45, 7) is 3.33. The third-order valence-corrected chi connectivity index (χ3v) is 10.5. The Morgan fingerprint density at radius 2 is 1.66 bits per heavy atom. The van der Waals surface area contributed by atoms with E-state index >= 15 is 0 Å². The molecule has 3 heterocycles. The van der Waals surface area contributed by atoms with E-state index in [2.05, 4.69) is 27.3 Å². The van der Waals surface area contributed by atoms with Gasteiger partial charge in [0.15, 0.2) is 0 Å². The number of para-hydroxylation sites is 1. The Labute approximate surface area is 291 Å². The number of hydrogen-bond donors (Lipinski definition) is 3. The maximum Gasteiger partial charge on any atom is 0.328 e. The highest BCUT2D eigenvalue weighted by Crippen LogP contribution is 2.47. The van der Waals surface area contributed by atoms with Gasteiger partial charge in [-0.3, -0.25) is 14.4 Å². The van der Waals surface area contributed by atoms with Crippen molar-refractivity contribution in [2.75, 3.05) is 25.0 Å². The zero-order valence-corrected chi connectivity index (χ0v) is 28.2. The molecule has 7 rings (SSSR count). The molecule has 0 spiro atoms. The summed E-state index contributed by atoms with van der Waals surface area (Å²) in [5.41, 5.74) is 4.96. The van der Waals surface area contributed by atoms with Gasteiger partial charge in [-0.2, -0.15) is 0 Å². The number of carboxylic acids is 1. The number of piperidine rings is 1. The monoisotopic (exact) mass is 674 g/mol. The molecule has 3 aromatic carbocycles. The minimum absolute atomic E-state index is 0.0750. The molecule has 0 bridgehead atoms. The van der Waals surface area contributed by atoms with E-state index in [0.717, 1.165) is 41.1 Å². The largest absolute Gasteiger partial charge is 0.491 e. The molecule has 258 valence electrons. The lowest BCUT2D eigenvalue weighted by Gasteiger charge is -2.40. The van der Waals surface area contributed by atoms with Gasteiger partial charge in [0.05, 0.1) is 12.2 Å². The lowest BCUT2D eigenvalue weighted by molar-refractivity contribution is -0.133. The number of carbonyl (C=O) groups is 4. The number of aliphatic carboxylic acids is 1. The van der Waals surface area contributed by atoms with Crippen LogP contribution in [0.3, 0.4) is 0 Å².